The summed E-state index contributed by atoms with van der Waals surface area (Å²) in [7, 11) is 0. The van der Waals surface area contributed by atoms with Gasteiger partial charge in [0.25, 0.3) is 5.91 Å². The molecule has 0 unspecified atom stereocenters. The molecular formula is C21H18ClNO3. The smallest absolute Gasteiger partial charge is 0.258 e. The van der Waals surface area contributed by atoms with Gasteiger partial charge in [-0.3, -0.25) is 9.59 Å². The maximum atomic E-state index is 12.2. The van der Waals surface area contributed by atoms with Crippen molar-refractivity contribution in [3.05, 3.63) is 76.8 Å². The van der Waals surface area contributed by atoms with Crippen LogP contribution in [0.1, 0.15) is 28.9 Å². The van der Waals surface area contributed by atoms with E-state index in [-0.39, 0.29) is 18.6 Å². The quantitative estimate of drug-likeness (QED) is 0.650. The third-order valence-electron chi connectivity index (χ3n) is 4.15. The third-order valence-corrected chi connectivity index (χ3v) is 4.41. The van der Waals surface area contributed by atoms with E-state index in [2.05, 4.69) is 5.32 Å². The van der Waals surface area contributed by atoms with Crippen molar-refractivity contribution < 1.29 is 14.3 Å². The predicted molar refractivity (Wildman–Crippen MR) is 103 cm³/mol. The molecule has 3 rings (SSSR count). The first kappa shape index (κ1) is 18.0. The molecule has 0 saturated heterocycles. The zero-order valence-electron chi connectivity index (χ0n) is 14.2. The van der Waals surface area contributed by atoms with E-state index in [1.807, 2.05) is 49.4 Å². The Bertz CT molecular complexity index is 938. The molecule has 0 fully saturated rings. The van der Waals surface area contributed by atoms with E-state index in [1.54, 1.807) is 18.2 Å². The molecule has 3 aromatic carbocycles. The second kappa shape index (κ2) is 8.02. The SMILES string of the molecule is C[C@H](NC(=O)COc1ccc2ccccc2c1C=O)c1ccc(Cl)cc1. The lowest BCUT2D eigenvalue weighted by atomic mass is 10.0. The summed E-state index contributed by atoms with van der Waals surface area (Å²) in [6.45, 7) is 1.71. The van der Waals surface area contributed by atoms with Crippen molar-refractivity contribution in [2.75, 3.05) is 6.61 Å². The molecule has 132 valence electrons. The van der Waals surface area contributed by atoms with Crippen molar-refractivity contribution in [3.8, 4) is 5.75 Å². The molecule has 0 aromatic heterocycles. The van der Waals surface area contributed by atoms with Gasteiger partial charge >= 0.3 is 0 Å². The molecule has 1 atom stereocenters. The van der Waals surface area contributed by atoms with Gasteiger partial charge in [-0.15, -0.1) is 0 Å². The van der Waals surface area contributed by atoms with E-state index in [4.69, 9.17) is 16.3 Å². The predicted octanol–water partition coefficient (Wildman–Crippen LogP) is 4.56. The van der Waals surface area contributed by atoms with E-state index < -0.39 is 0 Å². The molecule has 0 aliphatic carbocycles. The minimum atomic E-state index is -0.266. The Balaban J connectivity index is 1.67. The zero-order valence-corrected chi connectivity index (χ0v) is 15.0. The lowest BCUT2D eigenvalue weighted by Gasteiger charge is -2.15. The third kappa shape index (κ3) is 4.03. The molecule has 3 aromatic rings. The Labute approximate surface area is 156 Å². The number of amides is 1. The van der Waals surface area contributed by atoms with Crippen LogP contribution in [0, 0.1) is 0 Å². The lowest BCUT2D eigenvalue weighted by Crippen LogP contribution is -2.31. The highest BCUT2D eigenvalue weighted by atomic mass is 35.5. The maximum absolute atomic E-state index is 12.2. The molecule has 1 amide bonds. The molecule has 0 saturated carbocycles. The Morgan fingerprint density at radius 2 is 1.85 bits per heavy atom. The minimum absolute atomic E-state index is 0.170. The van der Waals surface area contributed by atoms with Gasteiger partial charge in [-0.2, -0.15) is 0 Å². The van der Waals surface area contributed by atoms with Crippen LogP contribution >= 0.6 is 11.6 Å². The van der Waals surface area contributed by atoms with Crippen molar-refractivity contribution in [1.82, 2.24) is 5.32 Å². The summed E-state index contributed by atoms with van der Waals surface area (Å²) in [5.74, 6) is 0.130. The summed E-state index contributed by atoms with van der Waals surface area (Å²) in [4.78, 5) is 23.7. The van der Waals surface area contributed by atoms with Crippen LogP contribution in [0.2, 0.25) is 5.02 Å². The number of rotatable bonds is 6. The van der Waals surface area contributed by atoms with Crippen LogP contribution in [0.25, 0.3) is 10.8 Å². The van der Waals surface area contributed by atoms with Gasteiger partial charge in [-0.05, 0) is 41.5 Å². The molecular weight excluding hydrogens is 350 g/mol. The Morgan fingerprint density at radius 1 is 1.12 bits per heavy atom. The van der Waals surface area contributed by atoms with Crippen molar-refractivity contribution in [2.24, 2.45) is 0 Å². The van der Waals surface area contributed by atoms with Crippen LogP contribution in [-0.2, 0) is 4.79 Å². The molecule has 0 spiro atoms. The van der Waals surface area contributed by atoms with Gasteiger partial charge in [0.05, 0.1) is 11.6 Å². The number of fused-ring (bicyclic) bond motifs is 1. The fraction of sp³-hybridized carbons (Fsp3) is 0.143. The number of ether oxygens (including phenoxy) is 1. The summed E-state index contributed by atoms with van der Waals surface area (Å²) in [5.41, 5.74) is 1.39. The largest absolute Gasteiger partial charge is 0.483 e. The van der Waals surface area contributed by atoms with Gasteiger partial charge in [0.2, 0.25) is 0 Å². The number of nitrogens with one attached hydrogen (secondary N) is 1. The Morgan fingerprint density at radius 3 is 2.58 bits per heavy atom. The maximum Gasteiger partial charge on any atom is 0.258 e. The van der Waals surface area contributed by atoms with Gasteiger partial charge in [0.1, 0.15) is 5.75 Å². The van der Waals surface area contributed by atoms with E-state index in [1.165, 1.54) is 0 Å². The van der Waals surface area contributed by atoms with Crippen molar-refractivity contribution in [2.45, 2.75) is 13.0 Å². The number of benzene rings is 3. The molecule has 0 radical (unpaired) electrons. The van der Waals surface area contributed by atoms with E-state index in [0.717, 1.165) is 22.6 Å². The standard InChI is InChI=1S/C21H18ClNO3/c1-14(15-6-9-17(22)10-7-15)23-21(25)13-26-20-11-8-16-4-2-3-5-18(16)19(20)12-24/h2-12,14H,13H2,1H3,(H,23,25)/t14-/m0/s1. The number of hydrogen-bond acceptors (Lipinski definition) is 3. The normalized spacial score (nSPS) is 11.8. The molecule has 0 bridgehead atoms. The first-order valence-corrected chi connectivity index (χ1v) is 8.61. The average molecular weight is 368 g/mol. The first-order valence-electron chi connectivity index (χ1n) is 8.23. The van der Waals surface area contributed by atoms with Gasteiger partial charge < -0.3 is 10.1 Å². The van der Waals surface area contributed by atoms with Crippen LogP contribution in [-0.4, -0.2) is 18.8 Å². The van der Waals surface area contributed by atoms with Crippen molar-refractivity contribution in [1.29, 1.82) is 0 Å². The van der Waals surface area contributed by atoms with Gasteiger partial charge in [0.15, 0.2) is 12.9 Å². The Hall–Kier alpha value is -2.85. The molecule has 5 heteroatoms. The average Bonchev–Trinajstić information content (AvgIpc) is 2.66. The fourth-order valence-electron chi connectivity index (χ4n) is 2.78. The number of hydrogen-bond donors (Lipinski definition) is 1. The van der Waals surface area contributed by atoms with Crippen LogP contribution in [0.15, 0.2) is 60.7 Å². The highest BCUT2D eigenvalue weighted by Crippen LogP contribution is 2.26. The molecule has 4 nitrogen and oxygen atoms in total. The van der Waals surface area contributed by atoms with Crippen LogP contribution < -0.4 is 10.1 Å². The minimum Gasteiger partial charge on any atom is -0.483 e. The van der Waals surface area contributed by atoms with Crippen LogP contribution in [0.4, 0.5) is 0 Å². The van der Waals surface area contributed by atoms with E-state index in [9.17, 15) is 9.59 Å². The first-order chi connectivity index (χ1) is 12.6. The van der Waals surface area contributed by atoms with Gasteiger partial charge in [0, 0.05) is 5.02 Å². The molecule has 0 aliphatic heterocycles. The molecule has 26 heavy (non-hydrogen) atoms. The second-order valence-electron chi connectivity index (χ2n) is 5.95. The van der Waals surface area contributed by atoms with E-state index >= 15 is 0 Å². The summed E-state index contributed by atoms with van der Waals surface area (Å²) in [6.07, 6.45) is 0.756. The highest BCUT2D eigenvalue weighted by molar-refractivity contribution is 6.30. The number of aldehydes is 1. The summed E-state index contributed by atoms with van der Waals surface area (Å²) >= 11 is 5.87. The van der Waals surface area contributed by atoms with Crippen molar-refractivity contribution >= 4 is 34.6 Å². The monoisotopic (exact) mass is 367 g/mol. The summed E-state index contributed by atoms with van der Waals surface area (Å²) in [5, 5.41) is 5.26. The number of halogens is 1. The van der Waals surface area contributed by atoms with Gasteiger partial charge in [-0.1, -0.05) is 54.1 Å². The van der Waals surface area contributed by atoms with E-state index in [0.29, 0.717) is 16.3 Å². The van der Waals surface area contributed by atoms with Crippen LogP contribution in [0.5, 0.6) is 5.75 Å². The summed E-state index contributed by atoms with van der Waals surface area (Å²) < 4.78 is 5.59. The van der Waals surface area contributed by atoms with Crippen LogP contribution in [0.3, 0.4) is 0 Å². The molecule has 0 aliphatic rings. The highest BCUT2D eigenvalue weighted by Gasteiger charge is 2.13. The topological polar surface area (TPSA) is 55.4 Å². The zero-order chi connectivity index (χ0) is 18.5. The molecule has 0 heterocycles. The second-order valence-corrected chi connectivity index (χ2v) is 6.38. The molecule has 1 N–H and O–H groups in total. The number of carbonyl (C=O) groups is 2. The van der Waals surface area contributed by atoms with Gasteiger partial charge in [-0.25, -0.2) is 0 Å². The lowest BCUT2D eigenvalue weighted by molar-refractivity contribution is -0.123. The summed E-state index contributed by atoms with van der Waals surface area (Å²) in [6, 6.07) is 18.2. The fourth-order valence-corrected chi connectivity index (χ4v) is 2.91. The Kier molecular flexibility index (Phi) is 5.54. The number of carbonyl (C=O) groups excluding carboxylic acids is 2. The van der Waals surface area contributed by atoms with Crippen molar-refractivity contribution in [3.63, 3.8) is 0 Å².